The molecule has 5 heteroatoms. The maximum Gasteiger partial charge on any atom is 0.319 e. The van der Waals surface area contributed by atoms with Crippen molar-refractivity contribution >= 4 is 11.9 Å². The normalized spacial score (nSPS) is 17.6. The molecule has 92 valence electrons. The van der Waals surface area contributed by atoms with E-state index in [0.29, 0.717) is 0 Å². The van der Waals surface area contributed by atoms with E-state index in [1.165, 1.54) is 7.11 Å². The third-order valence-electron chi connectivity index (χ3n) is 3.04. The van der Waals surface area contributed by atoms with Crippen LogP contribution in [0.1, 0.15) is 19.8 Å². The fraction of sp³-hybridized carbons (Fsp3) is 0.818. The van der Waals surface area contributed by atoms with Crippen LogP contribution in [0.2, 0.25) is 0 Å². The molecule has 0 aromatic heterocycles. The highest BCUT2D eigenvalue weighted by atomic mass is 16.5. The number of likely N-dealkylation sites (N-methyl/N-ethyl adjacent to an activating group) is 1. The van der Waals surface area contributed by atoms with E-state index < -0.39 is 0 Å². The Labute approximate surface area is 96.3 Å². The lowest BCUT2D eigenvalue weighted by Crippen LogP contribution is -2.46. The summed E-state index contributed by atoms with van der Waals surface area (Å²) in [5.41, 5.74) is 0. The van der Waals surface area contributed by atoms with Gasteiger partial charge in [-0.15, -0.1) is 0 Å². The van der Waals surface area contributed by atoms with E-state index in [2.05, 4.69) is 4.74 Å². The molecule has 0 aliphatic carbocycles. The predicted molar refractivity (Wildman–Crippen MR) is 59.9 cm³/mol. The first-order chi connectivity index (χ1) is 7.56. The highest BCUT2D eigenvalue weighted by Gasteiger charge is 2.26. The van der Waals surface area contributed by atoms with Gasteiger partial charge in [-0.3, -0.25) is 14.5 Å². The second-order valence-electron chi connectivity index (χ2n) is 4.20. The molecular formula is C11H20N2O3. The average molecular weight is 228 g/mol. The van der Waals surface area contributed by atoms with Crippen molar-refractivity contribution in [2.24, 2.45) is 0 Å². The highest BCUT2D eigenvalue weighted by molar-refractivity contribution is 5.82. The molecule has 0 bridgehead atoms. The van der Waals surface area contributed by atoms with Crippen LogP contribution in [0.25, 0.3) is 0 Å². The van der Waals surface area contributed by atoms with E-state index in [4.69, 9.17) is 0 Å². The molecule has 1 heterocycles. The monoisotopic (exact) mass is 228 g/mol. The van der Waals surface area contributed by atoms with Gasteiger partial charge in [-0.25, -0.2) is 0 Å². The van der Waals surface area contributed by atoms with Crippen LogP contribution < -0.4 is 0 Å². The molecule has 0 aromatic carbocycles. The van der Waals surface area contributed by atoms with Crippen molar-refractivity contribution in [1.82, 2.24) is 9.80 Å². The largest absolute Gasteiger partial charge is 0.468 e. The summed E-state index contributed by atoms with van der Waals surface area (Å²) in [6.45, 7) is 3.66. The van der Waals surface area contributed by atoms with Crippen molar-refractivity contribution in [3.05, 3.63) is 0 Å². The van der Waals surface area contributed by atoms with Crippen molar-refractivity contribution in [3.63, 3.8) is 0 Å². The molecule has 0 saturated carbocycles. The number of carbonyl (C=O) groups excluding carboxylic acids is 2. The summed E-state index contributed by atoms with van der Waals surface area (Å²) in [5.74, 6) is -0.215. The quantitative estimate of drug-likeness (QED) is 0.640. The summed E-state index contributed by atoms with van der Waals surface area (Å²) in [6.07, 6.45) is 2.17. The lowest BCUT2D eigenvalue weighted by Gasteiger charge is -2.26. The van der Waals surface area contributed by atoms with Gasteiger partial charge in [0.2, 0.25) is 5.91 Å². The Balaban J connectivity index is 2.45. The Hall–Kier alpha value is -1.10. The summed E-state index contributed by atoms with van der Waals surface area (Å²) < 4.78 is 4.57. The Morgan fingerprint density at radius 1 is 1.38 bits per heavy atom. The van der Waals surface area contributed by atoms with Gasteiger partial charge in [-0.1, -0.05) is 0 Å². The first-order valence-corrected chi connectivity index (χ1v) is 5.62. The molecule has 1 amide bonds. The smallest absolute Gasteiger partial charge is 0.319 e. The second kappa shape index (κ2) is 5.84. The van der Waals surface area contributed by atoms with Crippen molar-refractivity contribution in [1.29, 1.82) is 0 Å². The Morgan fingerprint density at radius 3 is 2.44 bits per heavy atom. The third kappa shape index (κ3) is 3.20. The van der Waals surface area contributed by atoms with E-state index in [1.54, 1.807) is 11.9 Å². The predicted octanol–water partition coefficient (Wildman–Crippen LogP) is 0.102. The van der Waals surface area contributed by atoms with Gasteiger partial charge in [0.05, 0.1) is 19.7 Å². The number of ether oxygens (including phenoxy) is 1. The zero-order valence-corrected chi connectivity index (χ0v) is 10.2. The van der Waals surface area contributed by atoms with E-state index in [0.717, 1.165) is 25.9 Å². The van der Waals surface area contributed by atoms with Gasteiger partial charge >= 0.3 is 5.97 Å². The third-order valence-corrected chi connectivity index (χ3v) is 3.04. The maximum absolute atomic E-state index is 12.0. The molecule has 0 radical (unpaired) electrons. The van der Waals surface area contributed by atoms with Gasteiger partial charge in [0.25, 0.3) is 0 Å². The fourth-order valence-corrected chi connectivity index (χ4v) is 1.80. The van der Waals surface area contributed by atoms with Crippen LogP contribution in [0.4, 0.5) is 0 Å². The number of nitrogens with zero attached hydrogens (tertiary/aromatic N) is 2. The highest BCUT2D eigenvalue weighted by Crippen LogP contribution is 2.11. The standard InChI is InChI=1S/C11H20N2O3/c1-9(12(2)8-10(14)16-3)11(15)13-6-4-5-7-13/h9H,4-8H2,1-3H3. The van der Waals surface area contributed by atoms with Crippen LogP contribution in [0.3, 0.4) is 0 Å². The molecule has 0 aromatic rings. The number of esters is 1. The van der Waals surface area contributed by atoms with Gasteiger partial charge in [0.1, 0.15) is 0 Å². The van der Waals surface area contributed by atoms with Crippen molar-refractivity contribution < 1.29 is 14.3 Å². The van der Waals surface area contributed by atoms with Gasteiger partial charge in [-0.2, -0.15) is 0 Å². The van der Waals surface area contributed by atoms with Crippen molar-refractivity contribution in [2.75, 3.05) is 33.8 Å². The van der Waals surface area contributed by atoms with Crippen LogP contribution >= 0.6 is 0 Å². The summed E-state index contributed by atoms with van der Waals surface area (Å²) >= 11 is 0. The SMILES string of the molecule is COC(=O)CN(C)C(C)C(=O)N1CCCC1. The van der Waals surface area contributed by atoms with Crippen LogP contribution in [0.15, 0.2) is 0 Å². The number of amides is 1. The summed E-state index contributed by atoms with van der Waals surface area (Å²) in [5, 5.41) is 0. The molecule has 16 heavy (non-hydrogen) atoms. The van der Waals surface area contributed by atoms with Crippen LogP contribution in [0, 0.1) is 0 Å². The molecule has 1 rings (SSSR count). The minimum Gasteiger partial charge on any atom is -0.468 e. The van der Waals surface area contributed by atoms with Crippen LogP contribution in [-0.4, -0.2) is 61.5 Å². The van der Waals surface area contributed by atoms with Crippen LogP contribution in [-0.2, 0) is 14.3 Å². The fourth-order valence-electron chi connectivity index (χ4n) is 1.80. The van der Waals surface area contributed by atoms with Gasteiger partial charge in [-0.05, 0) is 26.8 Å². The zero-order chi connectivity index (χ0) is 12.1. The molecule has 5 nitrogen and oxygen atoms in total. The summed E-state index contributed by atoms with van der Waals surface area (Å²) in [4.78, 5) is 26.6. The van der Waals surface area contributed by atoms with E-state index in [9.17, 15) is 9.59 Å². The Morgan fingerprint density at radius 2 is 1.94 bits per heavy atom. The van der Waals surface area contributed by atoms with Crippen molar-refractivity contribution in [2.45, 2.75) is 25.8 Å². The van der Waals surface area contributed by atoms with E-state index >= 15 is 0 Å². The first-order valence-electron chi connectivity index (χ1n) is 5.62. The molecule has 1 aliphatic heterocycles. The molecule has 0 N–H and O–H groups in total. The first kappa shape index (κ1) is 13.0. The number of likely N-dealkylation sites (tertiary alicyclic amines) is 1. The van der Waals surface area contributed by atoms with Crippen LogP contribution in [0.5, 0.6) is 0 Å². The average Bonchev–Trinajstić information content (AvgIpc) is 2.80. The van der Waals surface area contributed by atoms with E-state index in [-0.39, 0.29) is 24.5 Å². The topological polar surface area (TPSA) is 49.9 Å². The second-order valence-corrected chi connectivity index (χ2v) is 4.20. The van der Waals surface area contributed by atoms with Gasteiger partial charge < -0.3 is 9.64 Å². The Bertz CT molecular complexity index is 262. The van der Waals surface area contributed by atoms with Gasteiger partial charge in [0.15, 0.2) is 0 Å². The zero-order valence-electron chi connectivity index (χ0n) is 10.2. The number of hydrogen-bond donors (Lipinski definition) is 0. The number of methoxy groups -OCH3 is 1. The molecule has 1 unspecified atom stereocenters. The number of carbonyl (C=O) groups is 2. The Kier molecular flexibility index (Phi) is 4.73. The molecule has 1 aliphatic rings. The molecule has 1 atom stereocenters. The molecule has 1 saturated heterocycles. The van der Waals surface area contributed by atoms with Crippen molar-refractivity contribution in [3.8, 4) is 0 Å². The lowest BCUT2D eigenvalue weighted by molar-refractivity contribution is -0.143. The summed E-state index contributed by atoms with van der Waals surface area (Å²) in [7, 11) is 3.11. The summed E-state index contributed by atoms with van der Waals surface area (Å²) in [6, 6.07) is -0.266. The maximum atomic E-state index is 12.0. The number of rotatable bonds is 4. The lowest BCUT2D eigenvalue weighted by atomic mass is 10.2. The van der Waals surface area contributed by atoms with Gasteiger partial charge in [0, 0.05) is 13.1 Å². The van der Waals surface area contributed by atoms with E-state index in [1.807, 2.05) is 11.8 Å². The molecular weight excluding hydrogens is 208 g/mol. The molecule has 1 fully saturated rings. The molecule has 0 spiro atoms. The minimum atomic E-state index is -0.316. The number of hydrogen-bond acceptors (Lipinski definition) is 4. The minimum absolute atomic E-state index is 0.101.